The van der Waals surface area contributed by atoms with Crippen LogP contribution in [0.2, 0.25) is 0 Å². The van der Waals surface area contributed by atoms with Crippen LogP contribution in [0.4, 0.5) is 0 Å². The predicted octanol–water partition coefficient (Wildman–Crippen LogP) is 3.27. The van der Waals surface area contributed by atoms with Gasteiger partial charge in [-0.3, -0.25) is 0 Å². The van der Waals surface area contributed by atoms with Gasteiger partial charge in [-0.25, -0.2) is 4.68 Å². The second-order valence-corrected chi connectivity index (χ2v) is 5.34. The van der Waals surface area contributed by atoms with E-state index in [9.17, 15) is 0 Å². The monoisotopic (exact) mass is 298 g/mol. The van der Waals surface area contributed by atoms with E-state index in [1.54, 1.807) is 0 Å². The molecule has 116 valence electrons. The van der Waals surface area contributed by atoms with E-state index in [2.05, 4.69) is 36.3 Å². The fourth-order valence-electron chi connectivity index (χ4n) is 2.34. The van der Waals surface area contributed by atoms with Gasteiger partial charge in [-0.05, 0) is 43.9 Å². The molecule has 1 heterocycles. The minimum absolute atomic E-state index is 0.456. The van der Waals surface area contributed by atoms with Gasteiger partial charge < -0.3 is 4.74 Å². The van der Waals surface area contributed by atoms with Crippen molar-refractivity contribution < 1.29 is 4.74 Å². The normalized spacial score (nSPS) is 10.4. The van der Waals surface area contributed by atoms with Gasteiger partial charge in [0.2, 0.25) is 0 Å². The lowest BCUT2D eigenvalue weighted by Gasteiger charge is -2.08. The van der Waals surface area contributed by atoms with E-state index in [-0.39, 0.29) is 0 Å². The lowest BCUT2D eigenvalue weighted by Crippen LogP contribution is -2.07. The third-order valence-electron chi connectivity index (χ3n) is 3.45. The highest BCUT2D eigenvalue weighted by Gasteiger charge is 2.10. The standard InChI is InChI=1S/C17H22N4O/c1-3-7-17-16(13-18)19-20-21(17)10-4-5-11-22-15-9-6-8-14(2)12-15/h6,8-9,12H,3-5,7,10-11H2,1-2H3. The van der Waals surface area contributed by atoms with Crippen molar-refractivity contribution in [3.05, 3.63) is 41.2 Å². The third kappa shape index (κ3) is 4.32. The summed E-state index contributed by atoms with van der Waals surface area (Å²) in [6, 6.07) is 10.2. The molecule has 2 rings (SSSR count). The van der Waals surface area contributed by atoms with Gasteiger partial charge in [0.05, 0.1) is 12.3 Å². The molecule has 1 aromatic heterocycles. The molecule has 1 aromatic carbocycles. The zero-order valence-corrected chi connectivity index (χ0v) is 13.2. The van der Waals surface area contributed by atoms with Crippen molar-refractivity contribution in [1.29, 1.82) is 5.26 Å². The highest BCUT2D eigenvalue weighted by atomic mass is 16.5. The van der Waals surface area contributed by atoms with Gasteiger partial charge in [-0.1, -0.05) is 30.7 Å². The molecular formula is C17H22N4O. The van der Waals surface area contributed by atoms with Crippen LogP contribution in [-0.2, 0) is 13.0 Å². The quantitative estimate of drug-likeness (QED) is 0.702. The van der Waals surface area contributed by atoms with Gasteiger partial charge in [-0.2, -0.15) is 5.26 Å². The van der Waals surface area contributed by atoms with Crippen LogP contribution in [0, 0.1) is 18.3 Å². The minimum Gasteiger partial charge on any atom is -0.494 e. The van der Waals surface area contributed by atoms with Gasteiger partial charge in [0.1, 0.15) is 11.8 Å². The van der Waals surface area contributed by atoms with Crippen LogP contribution >= 0.6 is 0 Å². The fourth-order valence-corrected chi connectivity index (χ4v) is 2.34. The molecule has 22 heavy (non-hydrogen) atoms. The van der Waals surface area contributed by atoms with Crippen LogP contribution in [0.15, 0.2) is 24.3 Å². The first-order chi connectivity index (χ1) is 10.7. The number of unbranched alkanes of at least 4 members (excludes halogenated alkanes) is 1. The van der Waals surface area contributed by atoms with E-state index >= 15 is 0 Å². The maximum absolute atomic E-state index is 9.03. The Labute approximate surface area is 131 Å². The molecule has 0 unspecified atom stereocenters. The van der Waals surface area contributed by atoms with Crippen molar-refractivity contribution in [1.82, 2.24) is 15.0 Å². The molecule has 5 nitrogen and oxygen atoms in total. The summed E-state index contributed by atoms with van der Waals surface area (Å²) < 4.78 is 7.59. The van der Waals surface area contributed by atoms with Gasteiger partial charge in [-0.15, -0.1) is 5.10 Å². The van der Waals surface area contributed by atoms with E-state index in [1.807, 2.05) is 22.9 Å². The average Bonchev–Trinajstić information content (AvgIpc) is 2.90. The Hall–Kier alpha value is -2.35. The van der Waals surface area contributed by atoms with Crippen molar-refractivity contribution in [3.63, 3.8) is 0 Å². The molecule has 0 saturated heterocycles. The van der Waals surface area contributed by atoms with Gasteiger partial charge in [0.25, 0.3) is 0 Å². The molecule has 0 fully saturated rings. The number of nitrogens with zero attached hydrogens (tertiary/aromatic N) is 4. The lowest BCUT2D eigenvalue weighted by molar-refractivity contribution is 0.301. The van der Waals surface area contributed by atoms with Crippen molar-refractivity contribution >= 4 is 0 Å². The van der Waals surface area contributed by atoms with Crippen molar-refractivity contribution in [2.75, 3.05) is 6.61 Å². The van der Waals surface area contributed by atoms with Crippen molar-refractivity contribution in [3.8, 4) is 11.8 Å². The topological polar surface area (TPSA) is 63.7 Å². The first-order valence-corrected chi connectivity index (χ1v) is 7.76. The molecule has 0 radical (unpaired) electrons. The van der Waals surface area contributed by atoms with Crippen LogP contribution in [0.1, 0.15) is 43.1 Å². The largest absolute Gasteiger partial charge is 0.494 e. The van der Waals surface area contributed by atoms with E-state index in [0.717, 1.165) is 43.7 Å². The molecule has 0 amide bonds. The Morgan fingerprint density at radius 3 is 2.91 bits per heavy atom. The Bertz CT molecular complexity index is 642. The SMILES string of the molecule is CCCc1c(C#N)nnn1CCCCOc1cccc(C)c1. The zero-order valence-electron chi connectivity index (χ0n) is 13.2. The van der Waals surface area contributed by atoms with Gasteiger partial charge in [0.15, 0.2) is 5.69 Å². The van der Waals surface area contributed by atoms with Crippen LogP contribution in [0.25, 0.3) is 0 Å². The summed E-state index contributed by atoms with van der Waals surface area (Å²) in [5, 5.41) is 17.0. The minimum atomic E-state index is 0.456. The van der Waals surface area contributed by atoms with Crippen LogP contribution in [0.5, 0.6) is 5.75 Å². The molecule has 0 spiro atoms. The highest BCUT2D eigenvalue weighted by molar-refractivity contribution is 5.27. The Kier molecular flexibility index (Phi) is 5.96. The molecule has 2 aromatic rings. The Morgan fingerprint density at radius 2 is 2.18 bits per heavy atom. The summed E-state index contributed by atoms with van der Waals surface area (Å²) in [5.41, 5.74) is 2.61. The number of hydrogen-bond donors (Lipinski definition) is 0. The maximum atomic E-state index is 9.03. The second-order valence-electron chi connectivity index (χ2n) is 5.34. The first kappa shape index (κ1) is 16.0. The van der Waals surface area contributed by atoms with Crippen LogP contribution in [-0.4, -0.2) is 21.6 Å². The van der Waals surface area contributed by atoms with E-state index < -0.39 is 0 Å². The number of nitriles is 1. The van der Waals surface area contributed by atoms with Crippen LogP contribution in [0.3, 0.4) is 0 Å². The summed E-state index contributed by atoms with van der Waals surface area (Å²) >= 11 is 0. The number of hydrogen-bond acceptors (Lipinski definition) is 4. The summed E-state index contributed by atoms with van der Waals surface area (Å²) in [7, 11) is 0. The molecule has 0 aliphatic carbocycles. The lowest BCUT2D eigenvalue weighted by atomic mass is 10.2. The third-order valence-corrected chi connectivity index (χ3v) is 3.45. The fraction of sp³-hybridized carbons (Fsp3) is 0.471. The Balaban J connectivity index is 1.77. The summed E-state index contributed by atoms with van der Waals surface area (Å²) in [5.74, 6) is 0.916. The van der Waals surface area contributed by atoms with Gasteiger partial charge >= 0.3 is 0 Å². The summed E-state index contributed by atoms with van der Waals surface area (Å²) in [6.45, 7) is 5.61. The molecular weight excluding hydrogens is 276 g/mol. The summed E-state index contributed by atoms with van der Waals surface area (Å²) in [4.78, 5) is 0. The van der Waals surface area contributed by atoms with Crippen molar-refractivity contribution in [2.45, 2.75) is 46.1 Å². The average molecular weight is 298 g/mol. The molecule has 0 aliphatic rings. The molecule has 0 bridgehead atoms. The maximum Gasteiger partial charge on any atom is 0.185 e. The molecule has 5 heteroatoms. The van der Waals surface area contributed by atoms with Gasteiger partial charge in [0, 0.05) is 6.54 Å². The molecule has 0 atom stereocenters. The Morgan fingerprint density at radius 1 is 1.32 bits per heavy atom. The number of aromatic nitrogens is 3. The second kappa shape index (κ2) is 8.18. The predicted molar refractivity (Wildman–Crippen MR) is 84.6 cm³/mol. The van der Waals surface area contributed by atoms with Crippen LogP contribution < -0.4 is 4.74 Å². The smallest absolute Gasteiger partial charge is 0.185 e. The van der Waals surface area contributed by atoms with E-state index in [0.29, 0.717) is 12.3 Å². The first-order valence-electron chi connectivity index (χ1n) is 7.76. The zero-order chi connectivity index (χ0) is 15.8. The highest BCUT2D eigenvalue weighted by Crippen LogP contribution is 2.13. The summed E-state index contributed by atoms with van der Waals surface area (Å²) in [6.07, 6.45) is 3.73. The van der Waals surface area contributed by atoms with E-state index in [1.165, 1.54) is 5.56 Å². The molecule has 0 saturated carbocycles. The molecule has 0 aliphatic heterocycles. The number of rotatable bonds is 8. The van der Waals surface area contributed by atoms with E-state index in [4.69, 9.17) is 10.00 Å². The number of benzene rings is 1. The number of ether oxygens (including phenoxy) is 1. The van der Waals surface area contributed by atoms with Crippen molar-refractivity contribution in [2.24, 2.45) is 0 Å². The number of aryl methyl sites for hydroxylation is 2. The molecule has 0 N–H and O–H groups in total.